The molecule has 1 aromatic heterocycles. The fourth-order valence-corrected chi connectivity index (χ4v) is 3.61. The van der Waals surface area contributed by atoms with Crippen molar-refractivity contribution in [1.82, 2.24) is 9.97 Å². The van der Waals surface area contributed by atoms with Gasteiger partial charge < -0.3 is 5.32 Å². The van der Waals surface area contributed by atoms with Gasteiger partial charge in [0.05, 0.1) is 11.3 Å². The third kappa shape index (κ3) is 4.72. The Morgan fingerprint density at radius 2 is 1.69 bits per heavy atom. The van der Waals surface area contributed by atoms with Crippen molar-refractivity contribution in [1.29, 1.82) is 0 Å². The van der Waals surface area contributed by atoms with E-state index in [1.807, 2.05) is 24.3 Å². The van der Waals surface area contributed by atoms with Gasteiger partial charge in [0.15, 0.2) is 10.9 Å². The summed E-state index contributed by atoms with van der Waals surface area (Å²) in [7, 11) is 0. The average molecular weight is 424 g/mol. The Hall–Kier alpha value is -2.96. The van der Waals surface area contributed by atoms with Crippen molar-refractivity contribution in [3.8, 4) is 0 Å². The lowest BCUT2D eigenvalue weighted by molar-refractivity contribution is 0.102. The van der Waals surface area contributed by atoms with E-state index >= 15 is 0 Å². The summed E-state index contributed by atoms with van der Waals surface area (Å²) in [4.78, 5) is 21.6. The first-order valence-electron chi connectivity index (χ1n) is 8.79. The number of hydrogen-bond donors (Lipinski definition) is 1. The first-order chi connectivity index (χ1) is 14.1. The number of Topliss-reactive ketones (excluding diaryl/α,β-unsaturated/α-hetero) is 1. The minimum atomic E-state index is -0.306. The monoisotopic (exact) mass is 423 g/mol. The van der Waals surface area contributed by atoms with E-state index in [-0.39, 0.29) is 17.4 Å². The molecular weight excluding hydrogens is 409 g/mol. The van der Waals surface area contributed by atoms with Gasteiger partial charge in [0.2, 0.25) is 0 Å². The van der Waals surface area contributed by atoms with Crippen LogP contribution in [-0.4, -0.2) is 21.5 Å². The van der Waals surface area contributed by atoms with Crippen molar-refractivity contribution >= 4 is 51.6 Å². The normalized spacial score (nSPS) is 10.8. The SMILES string of the molecule is O=C(CSc1nc(Nc2ccc(F)cc2)c2ccccc2n1)c1ccc(Cl)cc1. The maximum Gasteiger partial charge on any atom is 0.190 e. The van der Waals surface area contributed by atoms with E-state index in [1.165, 1.54) is 23.9 Å². The van der Waals surface area contributed by atoms with Crippen molar-refractivity contribution in [2.75, 3.05) is 11.1 Å². The lowest BCUT2D eigenvalue weighted by Gasteiger charge is -2.10. The van der Waals surface area contributed by atoms with Crippen molar-refractivity contribution in [3.05, 3.63) is 89.2 Å². The third-order valence-electron chi connectivity index (χ3n) is 4.19. The number of rotatable bonds is 6. The zero-order chi connectivity index (χ0) is 20.2. The molecule has 7 heteroatoms. The molecule has 4 aromatic rings. The second-order valence-corrected chi connectivity index (χ2v) is 7.60. The second-order valence-electron chi connectivity index (χ2n) is 6.22. The summed E-state index contributed by atoms with van der Waals surface area (Å²) in [5.74, 6) is 0.468. The molecule has 0 atom stereocenters. The number of halogens is 2. The Labute approximate surface area is 176 Å². The van der Waals surface area contributed by atoms with E-state index in [4.69, 9.17) is 11.6 Å². The molecule has 0 spiro atoms. The van der Waals surface area contributed by atoms with Gasteiger partial charge in [0.25, 0.3) is 0 Å². The summed E-state index contributed by atoms with van der Waals surface area (Å²) >= 11 is 7.14. The number of benzene rings is 3. The molecule has 4 nitrogen and oxygen atoms in total. The highest BCUT2D eigenvalue weighted by atomic mass is 35.5. The lowest BCUT2D eigenvalue weighted by atomic mass is 10.1. The van der Waals surface area contributed by atoms with Crippen LogP contribution in [0, 0.1) is 5.82 Å². The third-order valence-corrected chi connectivity index (χ3v) is 5.29. The smallest absolute Gasteiger partial charge is 0.190 e. The summed E-state index contributed by atoms with van der Waals surface area (Å²) in [5, 5.41) is 5.12. The van der Waals surface area contributed by atoms with E-state index in [2.05, 4.69) is 15.3 Å². The molecule has 4 rings (SSSR count). The van der Waals surface area contributed by atoms with Gasteiger partial charge in [0.1, 0.15) is 11.6 Å². The number of thioether (sulfide) groups is 1. The van der Waals surface area contributed by atoms with Gasteiger partial charge in [-0.05, 0) is 60.7 Å². The average Bonchev–Trinajstić information content (AvgIpc) is 2.74. The molecule has 3 aromatic carbocycles. The molecule has 0 amide bonds. The van der Waals surface area contributed by atoms with E-state index < -0.39 is 0 Å². The number of ketones is 1. The van der Waals surface area contributed by atoms with Crippen LogP contribution in [0.1, 0.15) is 10.4 Å². The summed E-state index contributed by atoms with van der Waals surface area (Å²) < 4.78 is 13.2. The highest BCUT2D eigenvalue weighted by molar-refractivity contribution is 7.99. The van der Waals surface area contributed by atoms with Crippen LogP contribution in [-0.2, 0) is 0 Å². The quantitative estimate of drug-likeness (QED) is 0.229. The van der Waals surface area contributed by atoms with Crippen LogP contribution in [0.25, 0.3) is 10.9 Å². The molecule has 1 heterocycles. The first kappa shape index (κ1) is 19.4. The van der Waals surface area contributed by atoms with Gasteiger partial charge in [-0.2, -0.15) is 0 Å². The Kier molecular flexibility index (Phi) is 5.74. The molecule has 1 N–H and O–H groups in total. The topological polar surface area (TPSA) is 54.9 Å². The molecule has 144 valence electrons. The molecule has 0 radical (unpaired) electrons. The molecule has 0 aliphatic carbocycles. The van der Waals surface area contributed by atoms with Crippen LogP contribution in [0.5, 0.6) is 0 Å². The van der Waals surface area contributed by atoms with Crippen molar-refractivity contribution < 1.29 is 9.18 Å². The molecule has 0 saturated carbocycles. The van der Waals surface area contributed by atoms with Gasteiger partial charge in [-0.25, -0.2) is 14.4 Å². The van der Waals surface area contributed by atoms with E-state index in [1.54, 1.807) is 36.4 Å². The molecule has 0 aliphatic rings. The standard InChI is InChI=1S/C22H15ClFN3OS/c23-15-7-5-14(6-8-15)20(28)13-29-22-26-19-4-2-1-3-18(19)21(27-22)25-17-11-9-16(24)10-12-17/h1-12H,13H2,(H,25,26,27). The molecule has 29 heavy (non-hydrogen) atoms. The van der Waals surface area contributed by atoms with Gasteiger partial charge in [-0.3, -0.25) is 4.79 Å². The molecular formula is C22H15ClFN3OS. The first-order valence-corrected chi connectivity index (χ1v) is 10.2. The number of fused-ring (bicyclic) bond motifs is 1. The number of anilines is 2. The predicted octanol–water partition coefficient (Wildman–Crippen LogP) is 6.14. The number of hydrogen-bond acceptors (Lipinski definition) is 5. The Bertz CT molecular complexity index is 1170. The molecule has 0 aliphatic heterocycles. The maximum absolute atomic E-state index is 13.2. The lowest BCUT2D eigenvalue weighted by Crippen LogP contribution is -2.04. The molecule has 0 unspecified atom stereocenters. The maximum atomic E-state index is 13.2. The Morgan fingerprint density at radius 3 is 2.45 bits per heavy atom. The summed E-state index contributed by atoms with van der Waals surface area (Å²) in [5.41, 5.74) is 2.06. The fraction of sp³-hybridized carbons (Fsp3) is 0.0455. The zero-order valence-corrected chi connectivity index (χ0v) is 16.7. The molecule has 0 fully saturated rings. The van der Waals surface area contributed by atoms with Crippen LogP contribution in [0.2, 0.25) is 5.02 Å². The van der Waals surface area contributed by atoms with Gasteiger partial charge in [-0.1, -0.05) is 35.5 Å². The van der Waals surface area contributed by atoms with Crippen molar-refractivity contribution in [2.24, 2.45) is 0 Å². The highest BCUT2D eigenvalue weighted by Crippen LogP contribution is 2.27. The number of para-hydroxylation sites is 1. The fourth-order valence-electron chi connectivity index (χ4n) is 2.73. The molecule has 0 saturated heterocycles. The van der Waals surface area contributed by atoms with Crippen LogP contribution in [0.4, 0.5) is 15.9 Å². The van der Waals surface area contributed by atoms with Crippen LogP contribution >= 0.6 is 23.4 Å². The number of nitrogens with zero attached hydrogens (tertiary/aromatic N) is 2. The van der Waals surface area contributed by atoms with Crippen LogP contribution in [0.3, 0.4) is 0 Å². The second kappa shape index (κ2) is 8.59. The summed E-state index contributed by atoms with van der Waals surface area (Å²) in [6, 6.07) is 20.4. The highest BCUT2D eigenvalue weighted by Gasteiger charge is 2.12. The van der Waals surface area contributed by atoms with Gasteiger partial charge >= 0.3 is 0 Å². The summed E-state index contributed by atoms with van der Waals surface area (Å²) in [6.45, 7) is 0. The minimum Gasteiger partial charge on any atom is -0.340 e. The number of carbonyl (C=O) groups is 1. The van der Waals surface area contributed by atoms with Crippen LogP contribution in [0.15, 0.2) is 78.0 Å². The van der Waals surface area contributed by atoms with E-state index in [9.17, 15) is 9.18 Å². The zero-order valence-electron chi connectivity index (χ0n) is 15.1. The Morgan fingerprint density at radius 1 is 0.966 bits per heavy atom. The van der Waals surface area contributed by atoms with E-state index in [0.29, 0.717) is 27.2 Å². The molecule has 0 bridgehead atoms. The van der Waals surface area contributed by atoms with Gasteiger partial charge in [-0.15, -0.1) is 0 Å². The van der Waals surface area contributed by atoms with Gasteiger partial charge in [0, 0.05) is 21.7 Å². The summed E-state index contributed by atoms with van der Waals surface area (Å²) in [6.07, 6.45) is 0. The predicted molar refractivity (Wildman–Crippen MR) is 116 cm³/mol. The largest absolute Gasteiger partial charge is 0.340 e. The van der Waals surface area contributed by atoms with E-state index in [0.717, 1.165) is 10.9 Å². The number of aromatic nitrogens is 2. The minimum absolute atomic E-state index is 0.0310. The van der Waals surface area contributed by atoms with Crippen molar-refractivity contribution in [2.45, 2.75) is 5.16 Å². The van der Waals surface area contributed by atoms with Crippen LogP contribution < -0.4 is 5.32 Å². The number of carbonyl (C=O) groups excluding carboxylic acids is 1. The van der Waals surface area contributed by atoms with Crippen molar-refractivity contribution in [3.63, 3.8) is 0 Å². The number of nitrogens with one attached hydrogen (secondary N) is 1. The Balaban J connectivity index is 1.58.